The Labute approximate surface area is 177 Å². The van der Waals surface area contributed by atoms with Crippen molar-refractivity contribution >= 4 is 40.2 Å². The van der Waals surface area contributed by atoms with Crippen LogP contribution in [-0.4, -0.2) is 39.1 Å². The van der Waals surface area contributed by atoms with Gasteiger partial charge in [0.2, 0.25) is 5.78 Å². The lowest BCUT2D eigenvalue weighted by molar-refractivity contribution is 0.190. The van der Waals surface area contributed by atoms with E-state index in [0.717, 1.165) is 22.8 Å². The Balaban J connectivity index is 1.74. The third-order valence-electron chi connectivity index (χ3n) is 4.74. The zero-order valence-electron chi connectivity index (χ0n) is 16.4. The molecule has 29 heavy (non-hydrogen) atoms. The Hall–Kier alpha value is -2.29. The van der Waals surface area contributed by atoms with Crippen LogP contribution in [0.2, 0.25) is 0 Å². The molecular weight excluding hydrogens is 404 g/mol. The van der Waals surface area contributed by atoms with Crippen molar-refractivity contribution in [3.8, 4) is 0 Å². The van der Waals surface area contributed by atoms with Gasteiger partial charge in [-0.05, 0) is 42.5 Å². The van der Waals surface area contributed by atoms with Crippen molar-refractivity contribution in [2.75, 3.05) is 20.0 Å². The van der Waals surface area contributed by atoms with Crippen LogP contribution >= 0.6 is 23.5 Å². The summed E-state index contributed by atoms with van der Waals surface area (Å²) in [6.45, 7) is 1.13. The maximum Gasteiger partial charge on any atom is 0.262 e. The quantitative estimate of drug-likeness (QED) is 0.312. The van der Waals surface area contributed by atoms with Gasteiger partial charge >= 0.3 is 0 Å². The topological polar surface area (TPSA) is 61.4 Å². The molecule has 0 aliphatic heterocycles. The number of para-hydroxylation sites is 1. The van der Waals surface area contributed by atoms with E-state index in [-0.39, 0.29) is 5.56 Å². The van der Waals surface area contributed by atoms with Crippen molar-refractivity contribution in [1.82, 2.24) is 19.2 Å². The van der Waals surface area contributed by atoms with Crippen molar-refractivity contribution < 1.29 is 4.74 Å². The first-order valence-corrected chi connectivity index (χ1v) is 11.6. The molecule has 0 amide bonds. The van der Waals surface area contributed by atoms with Crippen LogP contribution in [0.15, 0.2) is 63.4 Å². The maximum atomic E-state index is 13.0. The zero-order chi connectivity index (χ0) is 20.2. The molecule has 0 fully saturated rings. The second kappa shape index (κ2) is 9.02. The Kier molecular flexibility index (Phi) is 6.22. The molecule has 0 unspecified atom stereocenters. The van der Waals surface area contributed by atoms with Gasteiger partial charge in [0.1, 0.15) is 0 Å². The van der Waals surface area contributed by atoms with Crippen LogP contribution in [-0.2, 0) is 17.0 Å². The van der Waals surface area contributed by atoms with Gasteiger partial charge < -0.3 is 4.74 Å². The number of methoxy groups -OCH3 is 1. The fourth-order valence-corrected chi connectivity index (χ4v) is 4.57. The van der Waals surface area contributed by atoms with Crippen LogP contribution in [0.4, 0.5) is 0 Å². The second-order valence-electron chi connectivity index (χ2n) is 6.58. The monoisotopic (exact) mass is 426 g/mol. The number of thioether (sulfide) groups is 2. The first-order chi connectivity index (χ1) is 14.2. The third-order valence-corrected chi connectivity index (χ3v) is 6.48. The van der Waals surface area contributed by atoms with Gasteiger partial charge in [0.15, 0.2) is 5.16 Å². The minimum Gasteiger partial charge on any atom is -0.385 e. The van der Waals surface area contributed by atoms with Gasteiger partial charge in [0.25, 0.3) is 5.56 Å². The largest absolute Gasteiger partial charge is 0.385 e. The van der Waals surface area contributed by atoms with E-state index in [1.807, 2.05) is 28.7 Å². The van der Waals surface area contributed by atoms with Crippen molar-refractivity contribution in [2.24, 2.45) is 0 Å². The minimum atomic E-state index is -0.0409. The minimum absolute atomic E-state index is 0.0409. The first-order valence-electron chi connectivity index (χ1n) is 9.34. The Bertz CT molecular complexity index is 1190. The van der Waals surface area contributed by atoms with Crippen LogP contribution < -0.4 is 5.56 Å². The van der Waals surface area contributed by atoms with Crippen molar-refractivity contribution in [3.63, 3.8) is 0 Å². The van der Waals surface area contributed by atoms with E-state index in [4.69, 9.17) is 4.74 Å². The van der Waals surface area contributed by atoms with Gasteiger partial charge in [0, 0.05) is 30.9 Å². The van der Waals surface area contributed by atoms with Gasteiger partial charge in [-0.3, -0.25) is 13.8 Å². The molecule has 6 nitrogen and oxygen atoms in total. The number of aromatic nitrogens is 4. The lowest BCUT2D eigenvalue weighted by atomic mass is 10.2. The zero-order valence-corrected chi connectivity index (χ0v) is 18.0. The van der Waals surface area contributed by atoms with E-state index in [2.05, 4.69) is 40.7 Å². The standard InChI is InChI=1S/C21H22N4O2S2/c1-27-13-5-12-24-19(26)17-6-3-4-7-18(17)25-20(24)22-23-21(25)29-14-15-8-10-16(28-2)11-9-15/h3-4,6-11H,5,12-14H2,1-2H3. The molecule has 2 heterocycles. The number of rotatable bonds is 8. The number of fused-ring (bicyclic) bond motifs is 3. The molecule has 2 aromatic heterocycles. The highest BCUT2D eigenvalue weighted by molar-refractivity contribution is 7.98. The average Bonchev–Trinajstić information content (AvgIpc) is 3.19. The lowest BCUT2D eigenvalue weighted by Gasteiger charge is -2.11. The van der Waals surface area contributed by atoms with Crippen molar-refractivity contribution in [2.45, 2.75) is 28.8 Å². The summed E-state index contributed by atoms with van der Waals surface area (Å²) in [5.41, 5.74) is 2.02. The molecule has 0 bridgehead atoms. The molecule has 0 N–H and O–H groups in total. The number of hydrogen-bond acceptors (Lipinski definition) is 6. The molecule has 0 aliphatic rings. The van der Waals surface area contributed by atoms with Gasteiger partial charge in [-0.15, -0.1) is 22.0 Å². The SMILES string of the molecule is COCCCn1c(=O)c2ccccc2n2c(SCc3ccc(SC)cc3)nnc12. The molecule has 0 radical (unpaired) electrons. The highest BCUT2D eigenvalue weighted by Crippen LogP contribution is 2.25. The summed E-state index contributed by atoms with van der Waals surface area (Å²) in [6, 6.07) is 16.2. The number of hydrogen-bond donors (Lipinski definition) is 0. The van der Waals surface area contributed by atoms with Gasteiger partial charge in [0.05, 0.1) is 10.9 Å². The number of aryl methyl sites for hydroxylation is 1. The third kappa shape index (κ3) is 4.05. The molecule has 0 atom stereocenters. The highest BCUT2D eigenvalue weighted by Gasteiger charge is 2.16. The predicted octanol–water partition coefficient (Wildman–Crippen LogP) is 4.09. The van der Waals surface area contributed by atoms with E-state index in [9.17, 15) is 4.79 Å². The van der Waals surface area contributed by atoms with Crippen molar-refractivity contribution in [3.05, 3.63) is 64.4 Å². The average molecular weight is 427 g/mol. The smallest absolute Gasteiger partial charge is 0.262 e. The molecule has 0 saturated heterocycles. The molecule has 2 aromatic carbocycles. The molecular formula is C21H22N4O2S2. The van der Waals surface area contributed by atoms with Crippen LogP contribution in [0.25, 0.3) is 16.7 Å². The summed E-state index contributed by atoms with van der Waals surface area (Å²) >= 11 is 3.36. The Morgan fingerprint density at radius 2 is 1.86 bits per heavy atom. The summed E-state index contributed by atoms with van der Waals surface area (Å²) in [6.07, 6.45) is 2.81. The van der Waals surface area contributed by atoms with Crippen LogP contribution in [0, 0.1) is 0 Å². The lowest BCUT2D eigenvalue weighted by Crippen LogP contribution is -2.24. The fourth-order valence-electron chi connectivity index (χ4n) is 3.27. The van der Waals surface area contributed by atoms with E-state index in [0.29, 0.717) is 24.3 Å². The van der Waals surface area contributed by atoms with E-state index in [1.54, 1.807) is 35.2 Å². The summed E-state index contributed by atoms with van der Waals surface area (Å²) in [5, 5.41) is 10.2. The molecule has 150 valence electrons. The van der Waals surface area contributed by atoms with E-state index in [1.165, 1.54) is 10.5 Å². The molecule has 0 aliphatic carbocycles. The fraction of sp³-hybridized carbons (Fsp3) is 0.286. The number of ether oxygens (including phenoxy) is 1. The molecule has 0 saturated carbocycles. The van der Waals surface area contributed by atoms with Crippen LogP contribution in [0.1, 0.15) is 12.0 Å². The molecule has 4 rings (SSSR count). The number of nitrogens with zero attached hydrogens (tertiary/aromatic N) is 4. The van der Waals surface area contributed by atoms with Gasteiger partial charge in [-0.1, -0.05) is 36.0 Å². The molecule has 8 heteroatoms. The number of benzene rings is 2. The summed E-state index contributed by atoms with van der Waals surface area (Å²) < 4.78 is 8.84. The maximum absolute atomic E-state index is 13.0. The predicted molar refractivity (Wildman–Crippen MR) is 119 cm³/mol. The van der Waals surface area contributed by atoms with Crippen LogP contribution in [0.5, 0.6) is 0 Å². The second-order valence-corrected chi connectivity index (χ2v) is 8.40. The summed E-state index contributed by atoms with van der Waals surface area (Å²) in [4.78, 5) is 14.3. The van der Waals surface area contributed by atoms with E-state index >= 15 is 0 Å². The Morgan fingerprint density at radius 3 is 2.62 bits per heavy atom. The Morgan fingerprint density at radius 1 is 1.07 bits per heavy atom. The summed E-state index contributed by atoms with van der Waals surface area (Å²) in [5.74, 6) is 1.36. The van der Waals surface area contributed by atoms with Crippen molar-refractivity contribution in [1.29, 1.82) is 0 Å². The summed E-state index contributed by atoms with van der Waals surface area (Å²) in [7, 11) is 1.66. The van der Waals surface area contributed by atoms with Gasteiger partial charge in [-0.25, -0.2) is 0 Å². The molecule has 4 aromatic rings. The normalized spacial score (nSPS) is 11.5. The highest BCUT2D eigenvalue weighted by atomic mass is 32.2. The first kappa shape index (κ1) is 20.0. The van der Waals surface area contributed by atoms with Gasteiger partial charge in [-0.2, -0.15) is 0 Å². The van der Waals surface area contributed by atoms with E-state index < -0.39 is 0 Å². The van der Waals surface area contributed by atoms with Crippen LogP contribution in [0.3, 0.4) is 0 Å². The molecule has 0 spiro atoms.